The first-order chi connectivity index (χ1) is 14.2. The average Bonchev–Trinajstić information content (AvgIpc) is 2.75. The highest BCUT2D eigenvalue weighted by Crippen LogP contribution is 2.26. The van der Waals surface area contributed by atoms with E-state index in [0.717, 1.165) is 70.0 Å². The van der Waals surface area contributed by atoms with Crippen molar-refractivity contribution in [1.29, 1.82) is 0 Å². The number of piperidine rings is 1. The lowest BCUT2D eigenvalue weighted by molar-refractivity contribution is -0.134. The van der Waals surface area contributed by atoms with Crippen LogP contribution in [0.2, 0.25) is 0 Å². The summed E-state index contributed by atoms with van der Waals surface area (Å²) in [4.78, 5) is 22.0. The van der Waals surface area contributed by atoms with E-state index in [2.05, 4.69) is 54.3 Å². The van der Waals surface area contributed by atoms with Gasteiger partial charge in [-0.05, 0) is 37.5 Å². The van der Waals surface area contributed by atoms with Gasteiger partial charge in [0.1, 0.15) is 0 Å². The van der Waals surface area contributed by atoms with E-state index >= 15 is 0 Å². The van der Waals surface area contributed by atoms with Gasteiger partial charge in [-0.1, -0.05) is 35.9 Å². The molecule has 29 heavy (non-hydrogen) atoms. The third-order valence-corrected chi connectivity index (χ3v) is 5.95. The van der Waals surface area contributed by atoms with Crippen molar-refractivity contribution in [2.45, 2.75) is 32.1 Å². The average molecular weight is 394 g/mol. The number of aryl methyl sites for hydroxylation is 1. The van der Waals surface area contributed by atoms with Crippen LogP contribution in [-0.4, -0.2) is 66.6 Å². The van der Waals surface area contributed by atoms with Crippen molar-refractivity contribution in [1.82, 2.24) is 14.8 Å². The van der Waals surface area contributed by atoms with Gasteiger partial charge >= 0.3 is 0 Å². The number of carbonyl (C=O) groups excluding carboxylic acids is 1. The summed E-state index contributed by atoms with van der Waals surface area (Å²) in [6.07, 6.45) is 2.99. The van der Waals surface area contributed by atoms with Crippen LogP contribution >= 0.6 is 0 Å². The zero-order valence-electron chi connectivity index (χ0n) is 17.3. The van der Waals surface area contributed by atoms with Crippen LogP contribution in [0.1, 0.15) is 41.3 Å². The summed E-state index contributed by atoms with van der Waals surface area (Å²) in [5, 5.41) is 0. The van der Waals surface area contributed by atoms with Crippen molar-refractivity contribution in [2.75, 3.05) is 45.9 Å². The monoisotopic (exact) mass is 393 g/mol. The molecule has 0 spiro atoms. The Bertz CT molecular complexity index is 832. The molecule has 1 amide bonds. The molecule has 0 aliphatic carbocycles. The number of carbonyl (C=O) groups is 1. The van der Waals surface area contributed by atoms with Crippen molar-refractivity contribution < 1.29 is 9.53 Å². The molecule has 2 aliphatic heterocycles. The molecule has 0 N–H and O–H groups in total. The number of hydrogen-bond donors (Lipinski definition) is 0. The number of rotatable bonds is 5. The van der Waals surface area contributed by atoms with Crippen molar-refractivity contribution in [3.8, 4) is 0 Å². The SMILES string of the molecule is Cc1cccc(Cc2cccc([C@@H]3CCCN(C(=O)CN4CCOCC4)C3)n2)c1. The first-order valence-electron chi connectivity index (χ1n) is 10.8. The summed E-state index contributed by atoms with van der Waals surface area (Å²) in [6.45, 7) is 7.44. The molecular weight excluding hydrogens is 362 g/mol. The minimum atomic E-state index is 0.243. The molecule has 1 aromatic carbocycles. The molecule has 4 rings (SSSR count). The largest absolute Gasteiger partial charge is 0.379 e. The lowest BCUT2D eigenvalue weighted by atomic mass is 9.93. The van der Waals surface area contributed by atoms with Gasteiger partial charge in [-0.2, -0.15) is 0 Å². The topological polar surface area (TPSA) is 45.7 Å². The van der Waals surface area contributed by atoms with Gasteiger partial charge in [0, 0.05) is 49.9 Å². The minimum Gasteiger partial charge on any atom is -0.379 e. The van der Waals surface area contributed by atoms with Crippen molar-refractivity contribution in [3.63, 3.8) is 0 Å². The molecule has 3 heterocycles. The number of nitrogens with zero attached hydrogens (tertiary/aromatic N) is 3. The third kappa shape index (κ3) is 5.43. The molecule has 154 valence electrons. The number of hydrogen-bond acceptors (Lipinski definition) is 4. The fraction of sp³-hybridized carbons (Fsp3) is 0.500. The maximum Gasteiger partial charge on any atom is 0.236 e. The molecule has 2 aliphatic rings. The molecule has 1 aromatic heterocycles. The van der Waals surface area contributed by atoms with Crippen LogP contribution in [0.3, 0.4) is 0 Å². The number of amides is 1. The molecule has 2 saturated heterocycles. The Morgan fingerprint density at radius 1 is 1.14 bits per heavy atom. The number of benzene rings is 1. The maximum absolute atomic E-state index is 12.8. The fourth-order valence-electron chi connectivity index (χ4n) is 4.35. The Labute approximate surface area is 173 Å². The van der Waals surface area contributed by atoms with Gasteiger partial charge in [-0.3, -0.25) is 14.7 Å². The van der Waals surface area contributed by atoms with Gasteiger partial charge in [-0.15, -0.1) is 0 Å². The van der Waals surface area contributed by atoms with E-state index < -0.39 is 0 Å². The second-order valence-electron chi connectivity index (χ2n) is 8.29. The first-order valence-corrected chi connectivity index (χ1v) is 10.8. The second-order valence-corrected chi connectivity index (χ2v) is 8.29. The number of morpholine rings is 1. The molecule has 0 unspecified atom stereocenters. The summed E-state index contributed by atoms with van der Waals surface area (Å²) in [5.74, 6) is 0.572. The van der Waals surface area contributed by atoms with E-state index in [0.29, 0.717) is 12.5 Å². The summed E-state index contributed by atoms with van der Waals surface area (Å²) in [6, 6.07) is 15.0. The Morgan fingerprint density at radius 3 is 2.79 bits per heavy atom. The van der Waals surface area contributed by atoms with Crippen LogP contribution in [0, 0.1) is 6.92 Å². The van der Waals surface area contributed by atoms with Crippen LogP contribution in [0.15, 0.2) is 42.5 Å². The quantitative estimate of drug-likeness (QED) is 0.783. The number of pyridine rings is 1. The minimum absolute atomic E-state index is 0.243. The zero-order chi connectivity index (χ0) is 20.1. The molecule has 2 fully saturated rings. The second kappa shape index (κ2) is 9.51. The molecule has 0 saturated carbocycles. The molecule has 5 nitrogen and oxygen atoms in total. The Kier molecular flexibility index (Phi) is 6.57. The van der Waals surface area contributed by atoms with Crippen LogP contribution in [-0.2, 0) is 16.0 Å². The highest BCUT2D eigenvalue weighted by Gasteiger charge is 2.27. The molecule has 0 bridgehead atoms. The first kappa shape index (κ1) is 20.0. The lowest BCUT2D eigenvalue weighted by Gasteiger charge is -2.35. The molecular formula is C24H31N3O2. The van der Waals surface area contributed by atoms with Crippen LogP contribution < -0.4 is 0 Å². The van der Waals surface area contributed by atoms with Gasteiger partial charge in [0.05, 0.1) is 19.8 Å². The standard InChI is InChI=1S/C24H31N3O2/c1-19-5-2-6-20(15-19)16-22-8-3-9-23(25-22)21-7-4-10-27(17-21)24(28)18-26-11-13-29-14-12-26/h2-3,5-6,8-9,15,21H,4,7,10-14,16-18H2,1H3/t21-/m1/s1. The van der Waals surface area contributed by atoms with Crippen molar-refractivity contribution in [3.05, 3.63) is 65.0 Å². The molecule has 5 heteroatoms. The van der Waals surface area contributed by atoms with Crippen LogP contribution in [0.4, 0.5) is 0 Å². The van der Waals surface area contributed by atoms with Gasteiger partial charge in [0.2, 0.25) is 5.91 Å². The predicted octanol–water partition coefficient (Wildman–Crippen LogP) is 3.02. The summed E-state index contributed by atoms with van der Waals surface area (Å²) < 4.78 is 5.39. The van der Waals surface area contributed by atoms with E-state index in [-0.39, 0.29) is 5.91 Å². The fourth-order valence-corrected chi connectivity index (χ4v) is 4.35. The summed E-state index contributed by atoms with van der Waals surface area (Å²) >= 11 is 0. The van der Waals surface area contributed by atoms with E-state index in [9.17, 15) is 4.79 Å². The van der Waals surface area contributed by atoms with Crippen LogP contribution in [0.25, 0.3) is 0 Å². The van der Waals surface area contributed by atoms with Gasteiger partial charge in [0.25, 0.3) is 0 Å². The number of likely N-dealkylation sites (tertiary alicyclic amines) is 1. The van der Waals surface area contributed by atoms with Gasteiger partial charge in [-0.25, -0.2) is 0 Å². The van der Waals surface area contributed by atoms with Gasteiger partial charge in [0.15, 0.2) is 0 Å². The third-order valence-electron chi connectivity index (χ3n) is 5.95. The molecule has 1 atom stereocenters. The van der Waals surface area contributed by atoms with E-state index in [1.807, 2.05) is 4.90 Å². The normalized spacial score (nSPS) is 20.6. The zero-order valence-corrected chi connectivity index (χ0v) is 17.3. The Morgan fingerprint density at radius 2 is 1.97 bits per heavy atom. The predicted molar refractivity (Wildman–Crippen MR) is 114 cm³/mol. The highest BCUT2D eigenvalue weighted by molar-refractivity contribution is 5.78. The molecule has 2 aromatic rings. The van der Waals surface area contributed by atoms with Gasteiger partial charge < -0.3 is 9.64 Å². The Balaban J connectivity index is 1.39. The maximum atomic E-state index is 12.8. The smallest absolute Gasteiger partial charge is 0.236 e. The molecule has 0 radical (unpaired) electrons. The van der Waals surface area contributed by atoms with Crippen LogP contribution in [0.5, 0.6) is 0 Å². The number of aromatic nitrogens is 1. The van der Waals surface area contributed by atoms with Crippen molar-refractivity contribution >= 4 is 5.91 Å². The highest BCUT2D eigenvalue weighted by atomic mass is 16.5. The summed E-state index contributed by atoms with van der Waals surface area (Å²) in [5.41, 5.74) is 4.80. The van der Waals surface area contributed by atoms with E-state index in [1.165, 1.54) is 11.1 Å². The summed E-state index contributed by atoms with van der Waals surface area (Å²) in [7, 11) is 0. The van der Waals surface area contributed by atoms with E-state index in [1.54, 1.807) is 0 Å². The Hall–Kier alpha value is -2.24. The lowest BCUT2D eigenvalue weighted by Crippen LogP contribution is -2.47. The number of ether oxygens (including phenoxy) is 1. The van der Waals surface area contributed by atoms with Crippen molar-refractivity contribution in [2.24, 2.45) is 0 Å². The van der Waals surface area contributed by atoms with E-state index in [4.69, 9.17) is 9.72 Å².